The number of nitrogens with one attached hydrogen (secondary N) is 1. The third-order valence-electron chi connectivity index (χ3n) is 8.06. The number of aryl methyl sites for hydroxylation is 1. The fourth-order valence-corrected chi connectivity index (χ4v) is 6.90. The first-order valence-electron chi connectivity index (χ1n) is 15.5. The Morgan fingerprint density at radius 3 is 2.14 bits per heavy atom. The van der Waals surface area contributed by atoms with Crippen LogP contribution in [-0.4, -0.2) is 62.2 Å². The Morgan fingerprint density at radius 1 is 0.886 bits per heavy atom. The van der Waals surface area contributed by atoms with Crippen LogP contribution in [0.25, 0.3) is 0 Å². The number of rotatable bonds is 15. The topological polar surface area (TPSA) is 96.0 Å². The van der Waals surface area contributed by atoms with Gasteiger partial charge in [-0.05, 0) is 72.6 Å². The molecular weight excluding hydrogens is 574 g/mol. The van der Waals surface area contributed by atoms with Crippen LogP contribution in [0.4, 0.5) is 0 Å². The third-order valence-corrected chi connectivity index (χ3v) is 9.97. The van der Waals surface area contributed by atoms with Gasteiger partial charge in [0.1, 0.15) is 11.8 Å². The third kappa shape index (κ3) is 9.16. The van der Waals surface area contributed by atoms with Gasteiger partial charge in [0.2, 0.25) is 21.8 Å². The number of ether oxygens (including phenoxy) is 1. The van der Waals surface area contributed by atoms with Crippen molar-refractivity contribution in [2.75, 3.05) is 26.7 Å². The summed E-state index contributed by atoms with van der Waals surface area (Å²) in [6.45, 7) is 6.14. The maximum atomic E-state index is 14.0. The number of benzene rings is 3. The van der Waals surface area contributed by atoms with Gasteiger partial charge in [-0.1, -0.05) is 68.4 Å². The lowest BCUT2D eigenvalue weighted by Crippen LogP contribution is -2.50. The highest BCUT2D eigenvalue weighted by atomic mass is 32.2. The second-order valence-corrected chi connectivity index (χ2v) is 13.7. The van der Waals surface area contributed by atoms with Gasteiger partial charge in [-0.25, -0.2) is 8.42 Å². The largest absolute Gasteiger partial charge is 0.497 e. The lowest BCUT2D eigenvalue weighted by Gasteiger charge is -2.32. The molecule has 0 aromatic heterocycles. The Labute approximate surface area is 262 Å². The molecule has 44 heavy (non-hydrogen) atoms. The number of nitrogens with zero attached hydrogens (tertiary/aromatic N) is 2. The molecule has 1 aliphatic heterocycles. The van der Waals surface area contributed by atoms with E-state index in [1.807, 2.05) is 54.6 Å². The molecule has 1 saturated heterocycles. The zero-order valence-corrected chi connectivity index (χ0v) is 26.9. The first kappa shape index (κ1) is 33.2. The maximum Gasteiger partial charge on any atom is 0.243 e. The summed E-state index contributed by atoms with van der Waals surface area (Å²) in [7, 11) is -1.89. The van der Waals surface area contributed by atoms with Crippen LogP contribution in [0, 0.1) is 5.92 Å². The predicted molar refractivity (Wildman–Crippen MR) is 173 cm³/mol. The standard InChI is InChI=1S/C35H45N3O5S/c1-27(2)21-22-36-35(40)33(25-29-9-5-4-6-10-29)38(26-30-11-16-31(43-3)17-12-30)34(39)20-15-28-13-18-32(19-14-28)44(41,42)37-23-7-8-24-37/h4-6,9-14,16-19,27,33H,7-8,15,20-26H2,1-3H3,(H,36,40). The number of hydrogen-bond donors (Lipinski definition) is 1. The zero-order valence-electron chi connectivity index (χ0n) is 26.1. The molecule has 0 spiro atoms. The Kier molecular flexibility index (Phi) is 12.0. The quantitative estimate of drug-likeness (QED) is 0.252. The molecule has 4 rings (SSSR count). The summed E-state index contributed by atoms with van der Waals surface area (Å²) in [5.74, 6) is 0.841. The van der Waals surface area contributed by atoms with Crippen molar-refractivity contribution >= 4 is 21.8 Å². The van der Waals surface area contributed by atoms with Crippen LogP contribution in [0.5, 0.6) is 5.75 Å². The molecule has 1 fully saturated rings. The minimum Gasteiger partial charge on any atom is -0.497 e. The molecule has 0 saturated carbocycles. The SMILES string of the molecule is COc1ccc(CN(C(=O)CCc2ccc(S(=O)(=O)N3CCCC3)cc2)C(Cc2ccccc2)C(=O)NCCC(C)C)cc1. The maximum absolute atomic E-state index is 14.0. The van der Waals surface area contributed by atoms with Crippen molar-refractivity contribution in [3.8, 4) is 5.75 Å². The van der Waals surface area contributed by atoms with Crippen LogP contribution in [0.3, 0.4) is 0 Å². The minimum absolute atomic E-state index is 0.144. The second-order valence-electron chi connectivity index (χ2n) is 11.8. The van der Waals surface area contributed by atoms with Crippen LogP contribution in [0.15, 0.2) is 83.8 Å². The number of amides is 2. The lowest BCUT2D eigenvalue weighted by atomic mass is 10.0. The van der Waals surface area contributed by atoms with Crippen LogP contribution in [-0.2, 0) is 39.0 Å². The molecule has 8 nitrogen and oxygen atoms in total. The van der Waals surface area contributed by atoms with Crippen molar-refractivity contribution in [1.29, 1.82) is 0 Å². The Morgan fingerprint density at radius 2 is 1.52 bits per heavy atom. The van der Waals surface area contributed by atoms with Crippen LogP contribution < -0.4 is 10.1 Å². The summed E-state index contributed by atoms with van der Waals surface area (Å²) < 4.78 is 32.7. The molecule has 0 aliphatic carbocycles. The normalized spacial score (nSPS) is 14.4. The molecule has 1 unspecified atom stereocenters. The van der Waals surface area contributed by atoms with Crippen molar-refractivity contribution in [2.24, 2.45) is 5.92 Å². The average molecular weight is 620 g/mol. The Bertz CT molecular complexity index is 1450. The van der Waals surface area contributed by atoms with Gasteiger partial charge < -0.3 is 15.0 Å². The van der Waals surface area contributed by atoms with Gasteiger partial charge in [0, 0.05) is 39.0 Å². The van der Waals surface area contributed by atoms with E-state index in [-0.39, 0.29) is 29.7 Å². The van der Waals surface area contributed by atoms with E-state index < -0.39 is 16.1 Å². The van der Waals surface area contributed by atoms with Gasteiger partial charge in [-0.3, -0.25) is 9.59 Å². The van der Waals surface area contributed by atoms with Gasteiger partial charge in [0.05, 0.1) is 12.0 Å². The fourth-order valence-electron chi connectivity index (χ4n) is 5.38. The first-order chi connectivity index (χ1) is 21.2. The summed E-state index contributed by atoms with van der Waals surface area (Å²) in [6.07, 6.45) is 3.61. The zero-order chi connectivity index (χ0) is 31.5. The summed E-state index contributed by atoms with van der Waals surface area (Å²) in [4.78, 5) is 29.6. The second kappa shape index (κ2) is 15.9. The molecule has 236 valence electrons. The van der Waals surface area contributed by atoms with Crippen LogP contribution in [0.2, 0.25) is 0 Å². The van der Waals surface area contributed by atoms with Crippen molar-refractivity contribution in [3.63, 3.8) is 0 Å². The number of sulfonamides is 1. The van der Waals surface area contributed by atoms with Gasteiger partial charge >= 0.3 is 0 Å². The van der Waals surface area contributed by atoms with Crippen LogP contribution in [0.1, 0.15) is 56.2 Å². The molecule has 3 aromatic carbocycles. The molecule has 1 atom stereocenters. The van der Waals surface area contributed by atoms with E-state index in [4.69, 9.17) is 4.74 Å². The van der Waals surface area contributed by atoms with E-state index >= 15 is 0 Å². The molecule has 1 heterocycles. The number of carbonyl (C=O) groups excluding carboxylic acids is 2. The van der Waals surface area contributed by atoms with Crippen molar-refractivity contribution in [3.05, 3.63) is 95.6 Å². The Hall–Kier alpha value is -3.69. The summed E-state index contributed by atoms with van der Waals surface area (Å²) >= 11 is 0. The smallest absolute Gasteiger partial charge is 0.243 e. The van der Waals surface area contributed by atoms with E-state index in [1.54, 1.807) is 36.3 Å². The predicted octanol–water partition coefficient (Wildman–Crippen LogP) is 5.21. The van der Waals surface area contributed by atoms with Crippen molar-refractivity contribution < 1.29 is 22.7 Å². The van der Waals surface area contributed by atoms with E-state index in [0.717, 1.165) is 36.0 Å². The fraction of sp³-hybridized carbons (Fsp3) is 0.429. The van der Waals surface area contributed by atoms with Gasteiger partial charge in [0.25, 0.3) is 0 Å². The number of methoxy groups -OCH3 is 1. The van der Waals surface area contributed by atoms with Crippen LogP contribution >= 0.6 is 0 Å². The molecule has 1 N–H and O–H groups in total. The van der Waals surface area contributed by atoms with Gasteiger partial charge in [0.15, 0.2) is 0 Å². The molecule has 0 radical (unpaired) electrons. The molecule has 1 aliphatic rings. The summed E-state index contributed by atoms with van der Waals surface area (Å²) in [5, 5.41) is 3.08. The molecule has 9 heteroatoms. The highest BCUT2D eigenvalue weighted by Crippen LogP contribution is 2.23. The lowest BCUT2D eigenvalue weighted by molar-refractivity contribution is -0.141. The minimum atomic E-state index is -3.50. The van der Waals surface area contributed by atoms with E-state index in [2.05, 4.69) is 19.2 Å². The Balaban J connectivity index is 1.55. The average Bonchev–Trinajstić information content (AvgIpc) is 3.59. The molecular formula is C35H45N3O5S. The van der Waals surface area contributed by atoms with Crippen molar-refractivity contribution in [1.82, 2.24) is 14.5 Å². The first-order valence-corrected chi connectivity index (χ1v) is 16.9. The van der Waals surface area contributed by atoms with E-state index in [1.165, 1.54) is 4.31 Å². The molecule has 3 aromatic rings. The monoisotopic (exact) mass is 619 g/mol. The van der Waals surface area contributed by atoms with Gasteiger partial charge in [-0.2, -0.15) is 4.31 Å². The van der Waals surface area contributed by atoms with Gasteiger partial charge in [-0.15, -0.1) is 0 Å². The number of carbonyl (C=O) groups is 2. The molecule has 0 bridgehead atoms. The molecule has 2 amide bonds. The summed E-state index contributed by atoms with van der Waals surface area (Å²) in [5.41, 5.74) is 2.73. The van der Waals surface area contributed by atoms with E-state index in [9.17, 15) is 18.0 Å². The van der Waals surface area contributed by atoms with Crippen molar-refractivity contribution in [2.45, 2.75) is 69.9 Å². The number of hydrogen-bond acceptors (Lipinski definition) is 5. The van der Waals surface area contributed by atoms with E-state index in [0.29, 0.717) is 44.1 Å². The summed E-state index contributed by atoms with van der Waals surface area (Å²) in [6, 6.07) is 23.4. The highest BCUT2D eigenvalue weighted by molar-refractivity contribution is 7.89. The highest BCUT2D eigenvalue weighted by Gasteiger charge is 2.30.